The summed E-state index contributed by atoms with van der Waals surface area (Å²) in [6, 6.07) is 0. The summed E-state index contributed by atoms with van der Waals surface area (Å²) in [5.41, 5.74) is 11.5. The van der Waals surface area contributed by atoms with Gasteiger partial charge in [-0.15, -0.1) is 0 Å². The van der Waals surface area contributed by atoms with E-state index >= 15 is 0 Å². The Morgan fingerprint density at radius 2 is 1.91 bits per heavy atom. The molecule has 0 saturated heterocycles. The molecule has 0 amide bonds. The first-order valence-corrected chi connectivity index (χ1v) is 4.14. The van der Waals surface area contributed by atoms with Crippen LogP contribution in [0.25, 0.3) is 0 Å². The molecule has 0 aliphatic rings. The van der Waals surface area contributed by atoms with Crippen molar-refractivity contribution in [2.75, 3.05) is 0 Å². The third kappa shape index (κ3) is 12.3. The molecule has 0 heterocycles. The van der Waals surface area contributed by atoms with Gasteiger partial charge in [-0.25, -0.2) is 0 Å². The van der Waals surface area contributed by atoms with Gasteiger partial charge in [-0.1, -0.05) is 27.2 Å². The maximum Gasteiger partial charge on any atom is 0.00808 e. The van der Waals surface area contributed by atoms with Gasteiger partial charge in [0.25, 0.3) is 0 Å². The summed E-state index contributed by atoms with van der Waals surface area (Å²) in [6.45, 7) is 6.09. The highest BCUT2D eigenvalue weighted by Crippen LogP contribution is 1.95. The Morgan fingerprint density at radius 3 is 2.27 bits per heavy atom. The molecular weight excluding hydrogens is 136 g/mol. The molecule has 2 nitrogen and oxygen atoms in total. The average Bonchev–Trinajstić information content (AvgIpc) is 2.05. The molecule has 4 N–H and O–H groups in total. The normalized spacial score (nSPS) is 11.0. The lowest BCUT2D eigenvalue weighted by Gasteiger charge is -1.92. The van der Waals surface area contributed by atoms with Gasteiger partial charge in [0, 0.05) is 5.70 Å². The van der Waals surface area contributed by atoms with Crippen molar-refractivity contribution in [1.29, 1.82) is 0 Å². The van der Waals surface area contributed by atoms with Crippen molar-refractivity contribution in [3.63, 3.8) is 0 Å². The molecule has 66 valence electrons. The quantitative estimate of drug-likeness (QED) is 0.615. The van der Waals surface area contributed by atoms with Crippen molar-refractivity contribution in [3.8, 4) is 0 Å². The Morgan fingerprint density at radius 1 is 1.36 bits per heavy atom. The molecule has 2 heteroatoms. The molecule has 0 spiro atoms. The second kappa shape index (κ2) is 11.8. The van der Waals surface area contributed by atoms with Crippen molar-refractivity contribution in [2.45, 2.75) is 33.6 Å². The van der Waals surface area contributed by atoms with Crippen LogP contribution in [0.5, 0.6) is 0 Å². The molecule has 0 aliphatic heterocycles. The summed E-state index contributed by atoms with van der Waals surface area (Å²) in [7, 11) is 0. The van der Waals surface area contributed by atoms with Crippen LogP contribution < -0.4 is 11.5 Å². The van der Waals surface area contributed by atoms with Gasteiger partial charge in [0.1, 0.15) is 0 Å². The molecule has 11 heavy (non-hydrogen) atoms. The summed E-state index contributed by atoms with van der Waals surface area (Å²) in [6.07, 6.45) is 7.07. The zero-order valence-corrected chi connectivity index (χ0v) is 7.80. The number of allylic oxidation sites excluding steroid dienone is 3. The Kier molecular flexibility index (Phi) is 13.7. The van der Waals surface area contributed by atoms with Gasteiger partial charge in [-0.3, -0.25) is 0 Å². The van der Waals surface area contributed by atoms with Crippen LogP contribution in [0, 0.1) is 0 Å². The monoisotopic (exact) mass is 156 g/mol. The van der Waals surface area contributed by atoms with Crippen LogP contribution in [0.3, 0.4) is 0 Å². The Balaban J connectivity index is 0. The maximum atomic E-state index is 5.52. The molecule has 0 unspecified atom stereocenters. The van der Waals surface area contributed by atoms with Gasteiger partial charge in [-0.2, -0.15) is 0 Å². The van der Waals surface area contributed by atoms with E-state index < -0.39 is 0 Å². The van der Waals surface area contributed by atoms with E-state index in [1.165, 1.54) is 6.20 Å². The van der Waals surface area contributed by atoms with E-state index in [0.717, 1.165) is 18.5 Å². The van der Waals surface area contributed by atoms with E-state index in [1.807, 2.05) is 19.9 Å². The minimum Gasteiger partial charge on any atom is -0.405 e. The van der Waals surface area contributed by atoms with Crippen molar-refractivity contribution in [1.82, 2.24) is 0 Å². The third-order valence-corrected chi connectivity index (χ3v) is 0.960. The lowest BCUT2D eigenvalue weighted by atomic mass is 10.2. The number of rotatable bonds is 3. The second-order valence-corrected chi connectivity index (χ2v) is 1.88. The first-order chi connectivity index (χ1) is 5.31. The highest BCUT2D eigenvalue weighted by Gasteiger charge is 1.82. The highest BCUT2D eigenvalue weighted by atomic mass is 14.6. The van der Waals surface area contributed by atoms with E-state index in [4.69, 9.17) is 11.5 Å². The highest BCUT2D eigenvalue weighted by molar-refractivity contribution is 5.08. The van der Waals surface area contributed by atoms with Crippen molar-refractivity contribution < 1.29 is 0 Å². The molecule has 0 aliphatic carbocycles. The van der Waals surface area contributed by atoms with Crippen LogP contribution in [-0.4, -0.2) is 0 Å². The van der Waals surface area contributed by atoms with Crippen LogP contribution in [0.4, 0.5) is 0 Å². The third-order valence-electron chi connectivity index (χ3n) is 0.960. The second-order valence-electron chi connectivity index (χ2n) is 1.88. The fourth-order valence-electron chi connectivity index (χ4n) is 0.551. The summed E-state index contributed by atoms with van der Waals surface area (Å²) in [5, 5.41) is 0. The lowest BCUT2D eigenvalue weighted by molar-refractivity contribution is 0.893. The number of nitrogens with two attached hydrogens (primary N) is 2. The zero-order chi connectivity index (χ0) is 9.11. The summed E-state index contributed by atoms with van der Waals surface area (Å²) in [4.78, 5) is 0. The molecule has 0 aromatic rings. The topological polar surface area (TPSA) is 52.0 Å². The van der Waals surface area contributed by atoms with Crippen molar-refractivity contribution in [3.05, 3.63) is 24.0 Å². The van der Waals surface area contributed by atoms with E-state index in [1.54, 1.807) is 6.08 Å². The molecule has 0 bridgehead atoms. The fourth-order valence-corrected chi connectivity index (χ4v) is 0.551. The molecular formula is C9H20N2. The summed E-state index contributed by atoms with van der Waals surface area (Å²) >= 11 is 0. The Labute approximate surface area is 70.0 Å². The smallest absolute Gasteiger partial charge is 0.00808 e. The van der Waals surface area contributed by atoms with Gasteiger partial charge in [0.05, 0.1) is 0 Å². The van der Waals surface area contributed by atoms with Crippen LogP contribution in [0.2, 0.25) is 0 Å². The van der Waals surface area contributed by atoms with Gasteiger partial charge >= 0.3 is 0 Å². The number of hydrogen-bond donors (Lipinski definition) is 2. The van der Waals surface area contributed by atoms with Crippen molar-refractivity contribution in [2.24, 2.45) is 11.5 Å². The Bertz CT molecular complexity index is 115. The van der Waals surface area contributed by atoms with E-state index in [9.17, 15) is 0 Å². The van der Waals surface area contributed by atoms with Crippen LogP contribution in [-0.2, 0) is 0 Å². The molecule has 0 saturated carbocycles. The fraction of sp³-hybridized carbons (Fsp3) is 0.556. The van der Waals surface area contributed by atoms with E-state index in [2.05, 4.69) is 6.92 Å². The Hall–Kier alpha value is -0.920. The first kappa shape index (κ1) is 12.7. The number of hydrogen-bond acceptors (Lipinski definition) is 2. The van der Waals surface area contributed by atoms with E-state index in [0.29, 0.717) is 0 Å². The minimum atomic E-state index is 0.888. The molecule has 0 atom stereocenters. The molecule has 0 aromatic carbocycles. The SMILES string of the molecule is CC.CCC/C(N)=C/C=C\N. The first-order valence-electron chi connectivity index (χ1n) is 4.14. The van der Waals surface area contributed by atoms with Gasteiger partial charge in [0.2, 0.25) is 0 Å². The van der Waals surface area contributed by atoms with Crippen LogP contribution in [0.1, 0.15) is 33.6 Å². The lowest BCUT2D eigenvalue weighted by Crippen LogP contribution is -1.94. The van der Waals surface area contributed by atoms with Gasteiger partial charge in [-0.05, 0) is 24.8 Å². The van der Waals surface area contributed by atoms with E-state index in [-0.39, 0.29) is 0 Å². The average molecular weight is 156 g/mol. The van der Waals surface area contributed by atoms with Crippen LogP contribution >= 0.6 is 0 Å². The summed E-state index contributed by atoms with van der Waals surface area (Å²) < 4.78 is 0. The van der Waals surface area contributed by atoms with Crippen LogP contribution in [0.15, 0.2) is 24.0 Å². The predicted molar refractivity (Wildman–Crippen MR) is 51.9 cm³/mol. The molecule has 0 radical (unpaired) electrons. The minimum absolute atomic E-state index is 0.888. The predicted octanol–water partition coefficient (Wildman–Crippen LogP) is 2.13. The van der Waals surface area contributed by atoms with Gasteiger partial charge < -0.3 is 11.5 Å². The largest absolute Gasteiger partial charge is 0.405 e. The van der Waals surface area contributed by atoms with Crippen molar-refractivity contribution >= 4 is 0 Å². The zero-order valence-electron chi connectivity index (χ0n) is 7.80. The van der Waals surface area contributed by atoms with Gasteiger partial charge in [0.15, 0.2) is 0 Å². The summed E-state index contributed by atoms with van der Waals surface area (Å²) in [5.74, 6) is 0. The maximum absolute atomic E-state index is 5.52. The molecule has 0 rings (SSSR count). The molecule has 0 aromatic heterocycles. The standard InChI is InChI=1S/C7H14N2.C2H6/c1-2-4-7(9)5-3-6-8;1-2/h3,5-6H,2,4,8-9H2,1H3;1-2H3/b6-3-,7-5-;. The molecule has 0 fully saturated rings.